The van der Waals surface area contributed by atoms with Gasteiger partial charge in [0.05, 0.1) is 23.7 Å². The number of esters is 1. The molecule has 20 heavy (non-hydrogen) atoms. The lowest BCUT2D eigenvalue weighted by molar-refractivity contribution is -0.384. The van der Waals surface area contributed by atoms with Gasteiger partial charge in [0, 0.05) is 6.54 Å². The van der Waals surface area contributed by atoms with E-state index in [1.807, 2.05) is 0 Å². The van der Waals surface area contributed by atoms with Crippen molar-refractivity contribution >= 4 is 17.3 Å². The van der Waals surface area contributed by atoms with Gasteiger partial charge < -0.3 is 10.1 Å². The first kappa shape index (κ1) is 14.2. The van der Waals surface area contributed by atoms with Crippen LogP contribution < -0.4 is 5.32 Å². The number of ether oxygens (including phenoxy) is 1. The first-order valence-corrected chi connectivity index (χ1v) is 6.24. The van der Waals surface area contributed by atoms with Gasteiger partial charge in [-0.1, -0.05) is 6.92 Å². The van der Waals surface area contributed by atoms with E-state index >= 15 is 0 Å². The number of nitrogens with one attached hydrogen (secondary N) is 1. The summed E-state index contributed by atoms with van der Waals surface area (Å²) in [6.45, 7) is 2.65. The van der Waals surface area contributed by atoms with E-state index in [-0.39, 0.29) is 16.9 Å². The molecule has 0 bridgehead atoms. The highest BCUT2D eigenvalue weighted by Gasteiger charge is 2.32. The molecule has 0 heterocycles. The summed E-state index contributed by atoms with van der Waals surface area (Å²) in [4.78, 5) is 21.7. The summed E-state index contributed by atoms with van der Waals surface area (Å²) in [5.41, 5.74) is -0.566. The van der Waals surface area contributed by atoms with Crippen LogP contribution in [0.1, 0.15) is 23.7 Å². The SMILES string of the molecule is COC(=O)c1cc(NCC2CC2C)c([N+](=O)[O-])cc1F. The molecule has 1 saturated carbocycles. The third-order valence-electron chi connectivity index (χ3n) is 3.52. The normalized spacial score (nSPS) is 20.4. The van der Waals surface area contributed by atoms with E-state index in [1.54, 1.807) is 0 Å². The Labute approximate surface area is 115 Å². The van der Waals surface area contributed by atoms with Crippen molar-refractivity contribution in [3.8, 4) is 0 Å². The smallest absolute Gasteiger partial charge is 0.340 e. The summed E-state index contributed by atoms with van der Waals surface area (Å²) in [5.74, 6) is -0.780. The van der Waals surface area contributed by atoms with Gasteiger partial charge in [0.15, 0.2) is 0 Å². The van der Waals surface area contributed by atoms with Crippen molar-refractivity contribution in [3.63, 3.8) is 0 Å². The molecule has 2 rings (SSSR count). The van der Waals surface area contributed by atoms with Crippen molar-refractivity contribution in [2.24, 2.45) is 11.8 Å². The van der Waals surface area contributed by atoms with Crippen molar-refractivity contribution in [3.05, 3.63) is 33.6 Å². The lowest BCUT2D eigenvalue weighted by Gasteiger charge is -2.09. The molecule has 0 amide bonds. The third kappa shape index (κ3) is 2.87. The fourth-order valence-electron chi connectivity index (χ4n) is 2.05. The number of nitrogens with zero attached hydrogens (tertiary/aromatic N) is 1. The second kappa shape index (κ2) is 5.44. The van der Waals surface area contributed by atoms with Gasteiger partial charge in [-0.05, 0) is 24.3 Å². The van der Waals surface area contributed by atoms with E-state index in [9.17, 15) is 19.3 Å². The molecular formula is C13H15FN2O4. The Hall–Kier alpha value is -2.18. The summed E-state index contributed by atoms with van der Waals surface area (Å²) in [6, 6.07) is 1.87. The molecule has 2 atom stereocenters. The van der Waals surface area contributed by atoms with E-state index in [1.165, 1.54) is 0 Å². The summed E-state index contributed by atoms with van der Waals surface area (Å²) < 4.78 is 18.1. The van der Waals surface area contributed by atoms with Crippen LogP contribution in [0.25, 0.3) is 0 Å². The quantitative estimate of drug-likeness (QED) is 0.510. The molecule has 0 aliphatic heterocycles. The topological polar surface area (TPSA) is 81.5 Å². The molecule has 0 saturated heterocycles. The molecular weight excluding hydrogens is 267 g/mol. The number of benzene rings is 1. The number of nitro groups is 1. The zero-order valence-corrected chi connectivity index (χ0v) is 11.2. The number of hydrogen-bond acceptors (Lipinski definition) is 5. The van der Waals surface area contributed by atoms with Crippen LogP contribution in [0.5, 0.6) is 0 Å². The average molecular weight is 282 g/mol. The van der Waals surface area contributed by atoms with Crippen LogP contribution in [0.3, 0.4) is 0 Å². The number of anilines is 1. The maximum Gasteiger partial charge on any atom is 0.340 e. The van der Waals surface area contributed by atoms with Crippen LogP contribution in [0.15, 0.2) is 12.1 Å². The fourth-order valence-corrected chi connectivity index (χ4v) is 2.05. The molecule has 1 aliphatic carbocycles. The van der Waals surface area contributed by atoms with Gasteiger partial charge in [-0.2, -0.15) is 0 Å². The maximum absolute atomic E-state index is 13.7. The molecule has 1 aliphatic rings. The molecule has 1 aromatic rings. The summed E-state index contributed by atoms with van der Waals surface area (Å²) in [5, 5.41) is 13.8. The first-order valence-electron chi connectivity index (χ1n) is 6.24. The van der Waals surface area contributed by atoms with Gasteiger partial charge in [-0.25, -0.2) is 9.18 Å². The summed E-state index contributed by atoms with van der Waals surface area (Å²) in [6.07, 6.45) is 1.06. The number of rotatable bonds is 5. The first-order chi connectivity index (χ1) is 9.43. The Morgan fingerprint density at radius 2 is 2.25 bits per heavy atom. The molecule has 2 unspecified atom stereocenters. The summed E-state index contributed by atoms with van der Waals surface area (Å²) in [7, 11) is 1.13. The minimum absolute atomic E-state index is 0.135. The highest BCUT2D eigenvalue weighted by molar-refractivity contribution is 5.91. The summed E-state index contributed by atoms with van der Waals surface area (Å²) >= 11 is 0. The highest BCUT2D eigenvalue weighted by Crippen LogP contribution is 2.38. The highest BCUT2D eigenvalue weighted by atomic mass is 19.1. The van der Waals surface area contributed by atoms with Crippen LogP contribution in [0.2, 0.25) is 0 Å². The van der Waals surface area contributed by atoms with Crippen molar-refractivity contribution in [1.82, 2.24) is 0 Å². The Balaban J connectivity index is 2.29. The zero-order chi connectivity index (χ0) is 14.9. The van der Waals surface area contributed by atoms with Crippen LogP contribution in [-0.4, -0.2) is 24.5 Å². The third-order valence-corrected chi connectivity index (χ3v) is 3.52. The number of methoxy groups -OCH3 is 1. The molecule has 1 N–H and O–H groups in total. The molecule has 1 aromatic carbocycles. The standard InChI is InChI=1S/C13H15FN2O4/c1-7-3-8(7)6-15-11-4-9(13(17)20-2)10(14)5-12(11)16(18)19/h4-5,7-8,15H,3,6H2,1-2H3. The van der Waals surface area contributed by atoms with E-state index in [2.05, 4.69) is 17.0 Å². The second-order valence-electron chi connectivity index (χ2n) is 4.95. The van der Waals surface area contributed by atoms with Gasteiger partial charge in [0.2, 0.25) is 0 Å². The average Bonchev–Trinajstić information content (AvgIpc) is 3.11. The van der Waals surface area contributed by atoms with Gasteiger partial charge in [0.1, 0.15) is 11.5 Å². The number of carbonyl (C=O) groups excluding carboxylic acids is 1. The number of carbonyl (C=O) groups is 1. The number of halogens is 1. The largest absolute Gasteiger partial charge is 0.465 e. The molecule has 0 radical (unpaired) electrons. The van der Waals surface area contributed by atoms with Crippen molar-refractivity contribution < 1.29 is 18.8 Å². The minimum atomic E-state index is -0.964. The molecule has 7 heteroatoms. The fraction of sp³-hybridized carbons (Fsp3) is 0.462. The van der Waals surface area contributed by atoms with Crippen molar-refractivity contribution in [1.29, 1.82) is 0 Å². The van der Waals surface area contributed by atoms with Crippen LogP contribution in [-0.2, 0) is 4.74 Å². The van der Waals surface area contributed by atoms with Gasteiger partial charge >= 0.3 is 5.97 Å². The van der Waals surface area contributed by atoms with Gasteiger partial charge in [-0.3, -0.25) is 10.1 Å². The van der Waals surface area contributed by atoms with E-state index < -0.39 is 16.7 Å². The van der Waals surface area contributed by atoms with Crippen LogP contribution >= 0.6 is 0 Å². The van der Waals surface area contributed by atoms with Gasteiger partial charge in [-0.15, -0.1) is 0 Å². The molecule has 108 valence electrons. The van der Waals surface area contributed by atoms with E-state index in [0.29, 0.717) is 18.4 Å². The zero-order valence-electron chi connectivity index (χ0n) is 11.2. The van der Waals surface area contributed by atoms with Crippen LogP contribution in [0, 0.1) is 27.8 Å². The second-order valence-corrected chi connectivity index (χ2v) is 4.95. The Morgan fingerprint density at radius 1 is 1.60 bits per heavy atom. The van der Waals surface area contributed by atoms with Crippen molar-refractivity contribution in [2.75, 3.05) is 19.0 Å². The predicted molar refractivity (Wildman–Crippen MR) is 70.2 cm³/mol. The monoisotopic (exact) mass is 282 g/mol. The van der Waals surface area contributed by atoms with E-state index in [4.69, 9.17) is 0 Å². The number of hydrogen-bond donors (Lipinski definition) is 1. The molecule has 0 aromatic heterocycles. The van der Waals surface area contributed by atoms with Gasteiger partial charge in [0.25, 0.3) is 5.69 Å². The minimum Gasteiger partial charge on any atom is -0.465 e. The van der Waals surface area contributed by atoms with Crippen LogP contribution in [0.4, 0.5) is 15.8 Å². The molecule has 1 fully saturated rings. The molecule has 6 nitrogen and oxygen atoms in total. The Bertz CT molecular complexity index is 562. The predicted octanol–water partition coefficient (Wildman–Crippen LogP) is 2.59. The Morgan fingerprint density at radius 3 is 2.75 bits per heavy atom. The number of nitro benzene ring substituents is 1. The lowest BCUT2D eigenvalue weighted by atomic mass is 10.1. The molecule has 0 spiro atoms. The van der Waals surface area contributed by atoms with Crippen molar-refractivity contribution in [2.45, 2.75) is 13.3 Å². The maximum atomic E-state index is 13.7. The van der Waals surface area contributed by atoms with E-state index in [0.717, 1.165) is 25.7 Å². The lowest BCUT2D eigenvalue weighted by Crippen LogP contribution is -2.10. The Kier molecular flexibility index (Phi) is 3.87.